The Hall–Kier alpha value is -3.41. The molecule has 0 amide bonds. The smallest absolute Gasteiger partial charge is 0.336 e. The predicted molar refractivity (Wildman–Crippen MR) is 118 cm³/mol. The molecule has 1 aliphatic rings. The van der Waals surface area contributed by atoms with E-state index in [1.54, 1.807) is 38.1 Å². The molecule has 0 radical (unpaired) electrons. The van der Waals surface area contributed by atoms with Gasteiger partial charge < -0.3 is 25.0 Å². The predicted octanol–water partition coefficient (Wildman–Crippen LogP) is 1.74. The van der Waals surface area contributed by atoms with Gasteiger partial charge in [-0.25, -0.2) is 9.59 Å². The minimum Gasteiger partial charge on any atom is -0.481 e. The van der Waals surface area contributed by atoms with E-state index >= 15 is 0 Å². The average Bonchev–Trinajstić information content (AvgIpc) is 2.77. The molecule has 2 unspecified atom stereocenters. The third-order valence-corrected chi connectivity index (χ3v) is 5.22. The number of carbonyl (C=O) groups excluding carboxylic acids is 2. The summed E-state index contributed by atoms with van der Waals surface area (Å²) in [6, 6.07) is 5.11. The van der Waals surface area contributed by atoms with Gasteiger partial charge in [-0.1, -0.05) is 29.8 Å². The number of rotatable bonds is 11. The van der Waals surface area contributed by atoms with Crippen LogP contribution in [0.5, 0.6) is 0 Å². The van der Waals surface area contributed by atoms with Gasteiger partial charge in [0, 0.05) is 10.7 Å². The third kappa shape index (κ3) is 6.34. The highest BCUT2D eigenvalue weighted by atomic mass is 35.5. The molecule has 12 heteroatoms. The molecule has 1 aromatic rings. The van der Waals surface area contributed by atoms with Crippen LogP contribution in [0.1, 0.15) is 31.7 Å². The minimum atomic E-state index is -1.53. The number of dihydropyridines is 1. The number of carboxylic acids is 2. The van der Waals surface area contributed by atoms with Gasteiger partial charge in [0.05, 0.1) is 42.9 Å². The molecule has 0 aliphatic carbocycles. The highest BCUT2D eigenvalue weighted by Gasteiger charge is 2.39. The molecule has 2 rings (SSSR count). The van der Waals surface area contributed by atoms with Gasteiger partial charge in [0.25, 0.3) is 0 Å². The van der Waals surface area contributed by atoms with Crippen LogP contribution >= 0.6 is 11.6 Å². The molecule has 0 saturated heterocycles. The number of carboxylic acid groups (broad SMARTS) is 2. The Labute approximate surface area is 200 Å². The van der Waals surface area contributed by atoms with E-state index in [-0.39, 0.29) is 35.1 Å². The van der Waals surface area contributed by atoms with Gasteiger partial charge in [0.1, 0.15) is 12.6 Å². The van der Waals surface area contributed by atoms with Crippen LogP contribution < -0.4 is 10.8 Å². The Balaban J connectivity index is 2.54. The van der Waals surface area contributed by atoms with Crippen molar-refractivity contribution in [2.45, 2.75) is 32.2 Å². The summed E-state index contributed by atoms with van der Waals surface area (Å²) in [4.78, 5) is 53.1. The summed E-state index contributed by atoms with van der Waals surface area (Å²) in [6.07, 6.45) is -0.736. The molecule has 0 bridgehead atoms. The standard InChI is InChI=1S/C22H25ClN2O9/c1-4-33-22(31)19-15(10-34-25-14(20(28)29)9-16(26)27)24-11(2)17(21(30)32-3)18(19)12-7-5-6-8-13(12)23/h5-8,14,18,24-25H,4,9-10H2,1-3H3,(H,26,27)(H,28,29). The number of benzene rings is 1. The van der Waals surface area contributed by atoms with Crippen molar-refractivity contribution in [1.82, 2.24) is 10.8 Å². The molecule has 0 spiro atoms. The lowest BCUT2D eigenvalue weighted by Gasteiger charge is -2.31. The number of nitrogens with one attached hydrogen (secondary N) is 2. The molecular weight excluding hydrogens is 472 g/mol. The van der Waals surface area contributed by atoms with Crippen LogP contribution in [-0.2, 0) is 33.5 Å². The summed E-state index contributed by atoms with van der Waals surface area (Å²) in [5.74, 6) is -5.20. The van der Waals surface area contributed by atoms with Crippen molar-refractivity contribution in [3.8, 4) is 0 Å². The second kappa shape index (κ2) is 12.2. The topological polar surface area (TPSA) is 160 Å². The number of aliphatic carboxylic acids is 2. The lowest BCUT2D eigenvalue weighted by Crippen LogP contribution is -2.40. The second-order valence-electron chi connectivity index (χ2n) is 7.12. The monoisotopic (exact) mass is 496 g/mol. The fraction of sp³-hybridized carbons (Fsp3) is 0.364. The number of allylic oxidation sites excluding steroid dienone is 1. The summed E-state index contributed by atoms with van der Waals surface area (Å²) in [7, 11) is 1.21. The molecule has 0 saturated carbocycles. The van der Waals surface area contributed by atoms with Crippen molar-refractivity contribution in [1.29, 1.82) is 0 Å². The number of hydrogen-bond acceptors (Lipinski definition) is 9. The molecule has 0 aromatic heterocycles. The van der Waals surface area contributed by atoms with E-state index in [1.807, 2.05) is 0 Å². The lowest BCUT2D eigenvalue weighted by molar-refractivity contribution is -0.150. The molecule has 34 heavy (non-hydrogen) atoms. The first kappa shape index (κ1) is 26.8. The van der Waals surface area contributed by atoms with Crippen LogP contribution in [0.3, 0.4) is 0 Å². The zero-order valence-corrected chi connectivity index (χ0v) is 19.5. The maximum atomic E-state index is 13.0. The molecular formula is C22H25ClN2O9. The number of methoxy groups -OCH3 is 1. The van der Waals surface area contributed by atoms with E-state index < -0.39 is 42.3 Å². The number of hydroxylamine groups is 1. The first-order valence-electron chi connectivity index (χ1n) is 10.1. The third-order valence-electron chi connectivity index (χ3n) is 4.88. The second-order valence-corrected chi connectivity index (χ2v) is 7.52. The van der Waals surface area contributed by atoms with E-state index in [4.69, 9.17) is 31.0 Å². The van der Waals surface area contributed by atoms with Crippen LogP contribution in [0, 0.1) is 0 Å². The molecule has 4 N–H and O–H groups in total. The number of hydrogen-bond donors (Lipinski definition) is 4. The van der Waals surface area contributed by atoms with Gasteiger partial charge in [-0.2, -0.15) is 5.48 Å². The van der Waals surface area contributed by atoms with Crippen molar-refractivity contribution in [2.24, 2.45) is 0 Å². The first-order chi connectivity index (χ1) is 16.1. The zero-order valence-electron chi connectivity index (χ0n) is 18.7. The van der Waals surface area contributed by atoms with Gasteiger partial charge >= 0.3 is 23.9 Å². The Morgan fingerprint density at radius 2 is 1.82 bits per heavy atom. The molecule has 11 nitrogen and oxygen atoms in total. The molecule has 2 atom stereocenters. The van der Waals surface area contributed by atoms with Crippen LogP contribution in [0.25, 0.3) is 0 Å². The first-order valence-corrected chi connectivity index (χ1v) is 10.5. The summed E-state index contributed by atoms with van der Waals surface area (Å²) in [5.41, 5.74) is 3.27. The van der Waals surface area contributed by atoms with Crippen LogP contribution in [0.15, 0.2) is 46.8 Å². The Morgan fingerprint density at radius 1 is 1.15 bits per heavy atom. The number of ether oxygens (including phenoxy) is 2. The highest BCUT2D eigenvalue weighted by Crippen LogP contribution is 2.41. The number of carbonyl (C=O) groups is 4. The van der Waals surface area contributed by atoms with Gasteiger partial charge in [0.15, 0.2) is 0 Å². The average molecular weight is 497 g/mol. The van der Waals surface area contributed by atoms with E-state index in [0.29, 0.717) is 11.3 Å². The van der Waals surface area contributed by atoms with E-state index in [1.165, 1.54) is 7.11 Å². The lowest BCUT2D eigenvalue weighted by atomic mass is 9.80. The van der Waals surface area contributed by atoms with Crippen LogP contribution in [0.4, 0.5) is 0 Å². The summed E-state index contributed by atoms with van der Waals surface area (Å²) < 4.78 is 10.1. The van der Waals surface area contributed by atoms with E-state index in [9.17, 15) is 24.3 Å². The quantitative estimate of drug-likeness (QED) is 0.261. The zero-order chi connectivity index (χ0) is 25.4. The maximum Gasteiger partial charge on any atom is 0.336 e. The fourth-order valence-corrected chi connectivity index (χ4v) is 3.67. The summed E-state index contributed by atoms with van der Waals surface area (Å²) in [5, 5.41) is 21.3. The normalized spacial score (nSPS) is 16.5. The SMILES string of the molecule is CCOC(=O)C1=C(CONC(CC(=O)O)C(=O)O)NC(C)=C(C(=O)OC)C1c1ccccc1Cl. The van der Waals surface area contributed by atoms with Crippen molar-refractivity contribution in [3.63, 3.8) is 0 Å². The highest BCUT2D eigenvalue weighted by molar-refractivity contribution is 6.31. The molecule has 1 aromatic carbocycles. The fourth-order valence-electron chi connectivity index (χ4n) is 3.43. The van der Waals surface area contributed by atoms with Gasteiger partial charge in [0.2, 0.25) is 0 Å². The molecule has 0 fully saturated rings. The Morgan fingerprint density at radius 3 is 2.38 bits per heavy atom. The van der Waals surface area contributed by atoms with Gasteiger partial charge in [-0.15, -0.1) is 0 Å². The Bertz CT molecular complexity index is 1030. The maximum absolute atomic E-state index is 13.0. The minimum absolute atomic E-state index is 0.00728. The van der Waals surface area contributed by atoms with Crippen molar-refractivity contribution >= 4 is 35.5 Å². The van der Waals surface area contributed by atoms with Gasteiger partial charge in [-0.3, -0.25) is 14.4 Å². The number of halogens is 1. The molecule has 184 valence electrons. The summed E-state index contributed by atoms with van der Waals surface area (Å²) >= 11 is 6.41. The van der Waals surface area contributed by atoms with Crippen LogP contribution in [0.2, 0.25) is 5.02 Å². The van der Waals surface area contributed by atoms with Crippen molar-refractivity contribution < 1.29 is 43.7 Å². The molecule has 1 aliphatic heterocycles. The van der Waals surface area contributed by atoms with Gasteiger partial charge in [-0.05, 0) is 25.5 Å². The van der Waals surface area contributed by atoms with E-state index in [0.717, 1.165) is 0 Å². The van der Waals surface area contributed by atoms with E-state index in [2.05, 4.69) is 10.8 Å². The van der Waals surface area contributed by atoms with Crippen molar-refractivity contribution in [3.05, 3.63) is 57.4 Å². The summed E-state index contributed by atoms with van der Waals surface area (Å²) in [6.45, 7) is 2.86. The van der Waals surface area contributed by atoms with Crippen molar-refractivity contribution in [2.75, 3.05) is 20.3 Å². The van der Waals surface area contributed by atoms with Crippen LogP contribution in [-0.4, -0.2) is 60.5 Å². The Kier molecular flexibility index (Phi) is 9.60. The molecule has 1 heterocycles. The number of esters is 2. The largest absolute Gasteiger partial charge is 0.481 e.